The molecule has 0 aromatic heterocycles. The Bertz CT molecular complexity index is 457. The largest absolute Gasteiger partial charge is 0.478 e. The molecular formula is C12H13ClFNO3. The monoisotopic (exact) mass is 273 g/mol. The molecule has 2 rings (SSSR count). The van der Waals surface area contributed by atoms with E-state index < -0.39 is 17.3 Å². The Hall–Kier alpha value is -1.33. The number of benzene rings is 1. The summed E-state index contributed by atoms with van der Waals surface area (Å²) in [5.41, 5.74) is 0.0969. The Kier molecular flexibility index (Phi) is 3.73. The van der Waals surface area contributed by atoms with E-state index in [2.05, 4.69) is 0 Å². The number of rotatable bonds is 2. The molecular weight excluding hydrogens is 261 g/mol. The molecule has 1 heterocycles. The summed E-state index contributed by atoms with van der Waals surface area (Å²) in [5.74, 6) is -2.18. The average Bonchev–Trinajstić information content (AvgIpc) is 2.27. The van der Waals surface area contributed by atoms with Crippen LogP contribution >= 0.6 is 11.6 Å². The quantitative estimate of drug-likeness (QED) is 0.899. The van der Waals surface area contributed by atoms with Crippen LogP contribution in [0.2, 0.25) is 5.02 Å². The topological polar surface area (TPSA) is 49.8 Å². The van der Waals surface area contributed by atoms with E-state index in [9.17, 15) is 9.18 Å². The van der Waals surface area contributed by atoms with Crippen molar-refractivity contribution < 1.29 is 19.0 Å². The van der Waals surface area contributed by atoms with Crippen LogP contribution in [0.4, 0.5) is 10.1 Å². The Balaban J connectivity index is 2.38. The maximum Gasteiger partial charge on any atom is 0.340 e. The zero-order chi connectivity index (χ0) is 13.3. The molecule has 1 atom stereocenters. The fourth-order valence-electron chi connectivity index (χ4n) is 2.04. The highest BCUT2D eigenvalue weighted by molar-refractivity contribution is 6.33. The van der Waals surface area contributed by atoms with Gasteiger partial charge < -0.3 is 14.7 Å². The molecule has 0 unspecified atom stereocenters. The first-order chi connectivity index (χ1) is 8.50. The molecule has 0 radical (unpaired) electrons. The third-order valence-corrected chi connectivity index (χ3v) is 3.24. The van der Waals surface area contributed by atoms with Gasteiger partial charge in [0, 0.05) is 18.3 Å². The van der Waals surface area contributed by atoms with Gasteiger partial charge in [0.25, 0.3) is 0 Å². The molecule has 1 fully saturated rings. The number of morpholine rings is 1. The SMILES string of the molecule is C[C@H]1COCCN1c1cc(F)c(C(=O)O)c(Cl)c1. The summed E-state index contributed by atoms with van der Waals surface area (Å²) in [7, 11) is 0. The summed E-state index contributed by atoms with van der Waals surface area (Å²) < 4.78 is 19.0. The maximum atomic E-state index is 13.7. The number of carboxylic acid groups (broad SMARTS) is 1. The Morgan fingerprint density at radius 2 is 2.33 bits per heavy atom. The third-order valence-electron chi connectivity index (χ3n) is 2.94. The second-order valence-corrected chi connectivity index (χ2v) is 4.61. The number of hydrogen-bond donors (Lipinski definition) is 1. The molecule has 1 aliphatic heterocycles. The zero-order valence-electron chi connectivity index (χ0n) is 9.82. The van der Waals surface area contributed by atoms with E-state index in [-0.39, 0.29) is 11.1 Å². The van der Waals surface area contributed by atoms with Crippen molar-refractivity contribution in [3.05, 3.63) is 28.5 Å². The maximum absolute atomic E-state index is 13.7. The molecule has 1 N–H and O–H groups in total. The van der Waals surface area contributed by atoms with Crippen molar-refractivity contribution >= 4 is 23.3 Å². The van der Waals surface area contributed by atoms with Crippen LogP contribution in [0.25, 0.3) is 0 Å². The highest BCUT2D eigenvalue weighted by Crippen LogP contribution is 2.28. The molecule has 1 aromatic carbocycles. The molecule has 98 valence electrons. The first-order valence-corrected chi connectivity index (χ1v) is 5.95. The molecule has 18 heavy (non-hydrogen) atoms. The smallest absolute Gasteiger partial charge is 0.340 e. The fraction of sp³-hybridized carbons (Fsp3) is 0.417. The van der Waals surface area contributed by atoms with Gasteiger partial charge in [-0.15, -0.1) is 0 Å². The molecule has 6 heteroatoms. The second kappa shape index (κ2) is 5.12. The van der Waals surface area contributed by atoms with Crippen LogP contribution in [-0.4, -0.2) is 36.9 Å². The molecule has 0 spiro atoms. The van der Waals surface area contributed by atoms with E-state index in [0.717, 1.165) is 0 Å². The minimum atomic E-state index is -1.36. The van der Waals surface area contributed by atoms with Crippen LogP contribution < -0.4 is 4.90 Å². The Labute approximate surface area is 109 Å². The van der Waals surface area contributed by atoms with Crippen molar-refractivity contribution in [1.29, 1.82) is 0 Å². The number of carbonyl (C=O) groups is 1. The van der Waals surface area contributed by atoms with Gasteiger partial charge in [0.15, 0.2) is 0 Å². The molecule has 4 nitrogen and oxygen atoms in total. The van der Waals surface area contributed by atoms with Crippen molar-refractivity contribution in [3.8, 4) is 0 Å². The second-order valence-electron chi connectivity index (χ2n) is 4.21. The molecule has 0 saturated carbocycles. The number of ether oxygens (including phenoxy) is 1. The highest BCUT2D eigenvalue weighted by atomic mass is 35.5. The van der Waals surface area contributed by atoms with Gasteiger partial charge in [0.2, 0.25) is 0 Å². The molecule has 1 aromatic rings. The van der Waals surface area contributed by atoms with Crippen molar-refractivity contribution in [2.24, 2.45) is 0 Å². The number of halogens is 2. The summed E-state index contributed by atoms with van der Waals surface area (Å²) >= 11 is 5.82. The molecule has 1 aliphatic rings. The lowest BCUT2D eigenvalue weighted by Gasteiger charge is -2.35. The van der Waals surface area contributed by atoms with E-state index in [4.69, 9.17) is 21.4 Å². The van der Waals surface area contributed by atoms with Crippen LogP contribution in [0.1, 0.15) is 17.3 Å². The van der Waals surface area contributed by atoms with E-state index in [1.807, 2.05) is 11.8 Å². The average molecular weight is 274 g/mol. The van der Waals surface area contributed by atoms with Crippen LogP contribution in [0.15, 0.2) is 12.1 Å². The van der Waals surface area contributed by atoms with Crippen molar-refractivity contribution in [2.75, 3.05) is 24.7 Å². The lowest BCUT2D eigenvalue weighted by Crippen LogP contribution is -2.43. The van der Waals surface area contributed by atoms with Crippen molar-refractivity contribution in [2.45, 2.75) is 13.0 Å². The molecule has 0 bridgehead atoms. The van der Waals surface area contributed by atoms with E-state index in [1.165, 1.54) is 12.1 Å². The number of carboxylic acids is 1. The van der Waals surface area contributed by atoms with Crippen LogP contribution in [0.3, 0.4) is 0 Å². The van der Waals surface area contributed by atoms with Crippen molar-refractivity contribution in [1.82, 2.24) is 0 Å². The third kappa shape index (κ3) is 2.42. The van der Waals surface area contributed by atoms with Gasteiger partial charge in [-0.1, -0.05) is 11.6 Å². The van der Waals surface area contributed by atoms with Gasteiger partial charge in [-0.25, -0.2) is 9.18 Å². The van der Waals surface area contributed by atoms with Crippen molar-refractivity contribution in [3.63, 3.8) is 0 Å². The Morgan fingerprint density at radius 1 is 1.61 bits per heavy atom. The van der Waals surface area contributed by atoms with Crippen LogP contribution in [0, 0.1) is 5.82 Å². The number of aromatic carboxylic acids is 1. The standard InChI is InChI=1S/C12H13ClFNO3/c1-7-6-18-3-2-15(7)8-4-9(13)11(12(16)17)10(14)5-8/h4-5,7H,2-3,6H2,1H3,(H,16,17)/t7-/m0/s1. The van der Waals surface area contributed by atoms with Crippen LogP contribution in [-0.2, 0) is 4.74 Å². The lowest BCUT2D eigenvalue weighted by molar-refractivity contribution is 0.0692. The van der Waals surface area contributed by atoms with E-state index in [1.54, 1.807) is 0 Å². The lowest BCUT2D eigenvalue weighted by atomic mass is 10.1. The minimum Gasteiger partial charge on any atom is -0.478 e. The zero-order valence-corrected chi connectivity index (χ0v) is 10.6. The van der Waals surface area contributed by atoms with E-state index >= 15 is 0 Å². The number of anilines is 1. The summed E-state index contributed by atoms with van der Waals surface area (Å²) in [6.45, 7) is 3.70. The molecule has 1 saturated heterocycles. The first-order valence-electron chi connectivity index (χ1n) is 5.57. The fourth-order valence-corrected chi connectivity index (χ4v) is 2.32. The van der Waals surface area contributed by atoms with Crippen LogP contribution in [0.5, 0.6) is 0 Å². The van der Waals surface area contributed by atoms with Gasteiger partial charge in [-0.2, -0.15) is 0 Å². The molecule has 0 amide bonds. The van der Waals surface area contributed by atoms with Gasteiger partial charge in [0.1, 0.15) is 11.4 Å². The summed E-state index contributed by atoms with van der Waals surface area (Å²) in [6, 6.07) is 2.79. The van der Waals surface area contributed by atoms with Gasteiger partial charge in [-0.3, -0.25) is 0 Å². The molecule has 0 aliphatic carbocycles. The minimum absolute atomic E-state index is 0.0869. The summed E-state index contributed by atoms with van der Waals surface area (Å²) in [4.78, 5) is 12.8. The normalized spacial score (nSPS) is 19.9. The summed E-state index contributed by atoms with van der Waals surface area (Å²) in [6.07, 6.45) is 0. The van der Waals surface area contributed by atoms with Gasteiger partial charge in [-0.05, 0) is 19.1 Å². The highest BCUT2D eigenvalue weighted by Gasteiger charge is 2.23. The Morgan fingerprint density at radius 3 is 2.89 bits per heavy atom. The number of hydrogen-bond acceptors (Lipinski definition) is 3. The first kappa shape index (κ1) is 13.1. The predicted octanol–water partition coefficient (Wildman–Crippen LogP) is 2.40. The predicted molar refractivity (Wildman–Crippen MR) is 66.0 cm³/mol. The summed E-state index contributed by atoms with van der Waals surface area (Å²) in [5, 5.41) is 8.75. The van der Waals surface area contributed by atoms with Gasteiger partial charge in [0.05, 0.1) is 18.2 Å². The number of nitrogens with zero attached hydrogens (tertiary/aromatic N) is 1. The van der Waals surface area contributed by atoms with E-state index in [0.29, 0.717) is 25.4 Å². The van der Waals surface area contributed by atoms with Gasteiger partial charge >= 0.3 is 5.97 Å².